The summed E-state index contributed by atoms with van der Waals surface area (Å²) >= 11 is 0. The van der Waals surface area contributed by atoms with Crippen molar-refractivity contribution in [3.05, 3.63) is 71.4 Å². The summed E-state index contributed by atoms with van der Waals surface area (Å²) in [5.41, 5.74) is 2.10. The number of hydrogen-bond acceptors (Lipinski definition) is 4. The number of carbonyl (C=O) groups excluding carboxylic acids is 1. The van der Waals surface area contributed by atoms with Gasteiger partial charge >= 0.3 is 0 Å². The first-order valence-electron chi connectivity index (χ1n) is 7.85. The van der Waals surface area contributed by atoms with Gasteiger partial charge in [0, 0.05) is 24.5 Å². The Hall–Kier alpha value is -3.22. The van der Waals surface area contributed by atoms with Crippen LogP contribution in [0.2, 0.25) is 0 Å². The van der Waals surface area contributed by atoms with E-state index >= 15 is 0 Å². The summed E-state index contributed by atoms with van der Waals surface area (Å²) in [5.74, 6) is 0.318. The van der Waals surface area contributed by atoms with Crippen LogP contribution in [0.5, 0.6) is 11.6 Å². The van der Waals surface area contributed by atoms with E-state index in [0.717, 1.165) is 17.7 Å². The minimum atomic E-state index is -0.325. The minimum Gasteiger partial charge on any atom is -0.439 e. The van der Waals surface area contributed by atoms with Crippen molar-refractivity contribution in [2.45, 2.75) is 19.9 Å². The van der Waals surface area contributed by atoms with Crippen LogP contribution in [-0.2, 0) is 13.0 Å². The number of aryl methyl sites for hydroxylation is 1. The molecule has 3 aromatic rings. The third-order valence-corrected chi connectivity index (χ3v) is 3.53. The lowest BCUT2D eigenvalue weighted by molar-refractivity contribution is 0.0946. The molecule has 25 heavy (non-hydrogen) atoms. The van der Waals surface area contributed by atoms with Crippen LogP contribution in [0.25, 0.3) is 0 Å². The number of aromatic amines is 1. The number of hydrogen-bond donors (Lipinski definition) is 2. The lowest BCUT2D eigenvalue weighted by Gasteiger charge is -2.06. The Kier molecular flexibility index (Phi) is 5.03. The van der Waals surface area contributed by atoms with Crippen molar-refractivity contribution in [1.82, 2.24) is 20.5 Å². The predicted molar refractivity (Wildman–Crippen MR) is 89.8 cm³/mol. The fourth-order valence-corrected chi connectivity index (χ4v) is 2.13. The maximum absolute atomic E-state index is 12.9. The van der Waals surface area contributed by atoms with Crippen LogP contribution in [0.15, 0.2) is 48.7 Å². The molecule has 128 valence electrons. The third-order valence-electron chi connectivity index (χ3n) is 3.53. The molecule has 1 aromatic carbocycles. The quantitative estimate of drug-likeness (QED) is 0.722. The Labute approximate surface area is 144 Å². The number of pyridine rings is 1. The molecule has 3 rings (SSSR count). The molecule has 2 aromatic heterocycles. The number of nitrogens with zero attached hydrogens (tertiary/aromatic N) is 2. The monoisotopic (exact) mass is 340 g/mol. The minimum absolute atomic E-state index is 0.248. The number of benzene rings is 1. The summed E-state index contributed by atoms with van der Waals surface area (Å²) in [4.78, 5) is 16.2. The van der Waals surface area contributed by atoms with Crippen molar-refractivity contribution >= 4 is 5.91 Å². The van der Waals surface area contributed by atoms with E-state index in [9.17, 15) is 9.18 Å². The molecule has 1 amide bonds. The summed E-state index contributed by atoms with van der Waals surface area (Å²) in [6.07, 6.45) is 2.40. The van der Waals surface area contributed by atoms with E-state index in [1.807, 2.05) is 6.92 Å². The van der Waals surface area contributed by atoms with Gasteiger partial charge in [-0.3, -0.25) is 9.89 Å². The van der Waals surface area contributed by atoms with Crippen molar-refractivity contribution in [2.24, 2.45) is 0 Å². The van der Waals surface area contributed by atoms with Crippen molar-refractivity contribution in [1.29, 1.82) is 0 Å². The zero-order chi connectivity index (χ0) is 17.6. The molecule has 0 aliphatic carbocycles. The summed E-state index contributed by atoms with van der Waals surface area (Å²) < 4.78 is 18.4. The van der Waals surface area contributed by atoms with E-state index in [1.54, 1.807) is 24.4 Å². The first-order valence-corrected chi connectivity index (χ1v) is 7.85. The lowest BCUT2D eigenvalue weighted by Crippen LogP contribution is -2.23. The number of amides is 1. The molecule has 7 heteroatoms. The number of aromatic nitrogens is 3. The van der Waals surface area contributed by atoms with Gasteiger partial charge in [0.2, 0.25) is 5.88 Å². The van der Waals surface area contributed by atoms with Crippen LogP contribution in [0.4, 0.5) is 4.39 Å². The second-order valence-electron chi connectivity index (χ2n) is 5.38. The average Bonchev–Trinajstić information content (AvgIpc) is 3.12. The molecule has 0 aliphatic rings. The zero-order valence-corrected chi connectivity index (χ0v) is 13.6. The number of halogens is 1. The van der Waals surface area contributed by atoms with Crippen LogP contribution in [0.1, 0.15) is 28.7 Å². The molecule has 0 spiro atoms. The number of H-pyrrole nitrogens is 1. The van der Waals surface area contributed by atoms with E-state index < -0.39 is 0 Å². The van der Waals surface area contributed by atoms with Crippen molar-refractivity contribution in [3.8, 4) is 11.6 Å². The SMILES string of the molecule is CCc1cc(C(=O)NCc2ccc(Oc3ccc(F)cc3)nc2)n[nH]1. The van der Waals surface area contributed by atoms with Gasteiger partial charge < -0.3 is 10.1 Å². The normalized spacial score (nSPS) is 10.5. The van der Waals surface area contributed by atoms with Crippen LogP contribution >= 0.6 is 0 Å². The zero-order valence-electron chi connectivity index (χ0n) is 13.6. The number of carbonyl (C=O) groups is 1. The van der Waals surface area contributed by atoms with Gasteiger partial charge in [-0.05, 0) is 42.3 Å². The Morgan fingerprint density at radius 1 is 1.24 bits per heavy atom. The standard InChI is InChI=1S/C18H17FN4O2/c1-2-14-9-16(23-22-14)18(24)21-11-12-3-8-17(20-10-12)25-15-6-4-13(19)5-7-15/h3-10H,2,11H2,1H3,(H,21,24)(H,22,23). The predicted octanol–water partition coefficient (Wildman–Crippen LogP) is 3.23. The second kappa shape index (κ2) is 7.57. The molecule has 2 N–H and O–H groups in total. The van der Waals surface area contributed by atoms with Crippen LogP contribution in [-0.4, -0.2) is 21.1 Å². The molecular weight excluding hydrogens is 323 g/mol. The Balaban J connectivity index is 1.55. The summed E-state index contributed by atoms with van der Waals surface area (Å²) in [6.45, 7) is 2.31. The molecule has 0 aliphatic heterocycles. The van der Waals surface area contributed by atoms with Crippen molar-refractivity contribution in [3.63, 3.8) is 0 Å². The number of nitrogens with one attached hydrogen (secondary N) is 2. The number of ether oxygens (including phenoxy) is 1. The maximum Gasteiger partial charge on any atom is 0.272 e. The van der Waals surface area contributed by atoms with E-state index in [4.69, 9.17) is 4.74 Å². The topological polar surface area (TPSA) is 79.9 Å². The van der Waals surface area contributed by atoms with Crippen LogP contribution in [0.3, 0.4) is 0 Å². The van der Waals surface area contributed by atoms with Gasteiger partial charge in [-0.25, -0.2) is 9.37 Å². The summed E-state index contributed by atoms with van der Waals surface area (Å²) in [5, 5.41) is 9.56. The highest BCUT2D eigenvalue weighted by Gasteiger charge is 2.09. The first kappa shape index (κ1) is 16.6. The molecule has 0 radical (unpaired) electrons. The van der Waals surface area contributed by atoms with Gasteiger partial charge in [-0.1, -0.05) is 13.0 Å². The maximum atomic E-state index is 12.9. The number of rotatable bonds is 6. The molecule has 0 fully saturated rings. The highest BCUT2D eigenvalue weighted by Crippen LogP contribution is 2.19. The van der Waals surface area contributed by atoms with Gasteiger partial charge in [-0.15, -0.1) is 0 Å². The first-order chi connectivity index (χ1) is 12.1. The van der Waals surface area contributed by atoms with Crippen molar-refractivity contribution in [2.75, 3.05) is 0 Å². The summed E-state index contributed by atoms with van der Waals surface area (Å²) in [6, 6.07) is 10.9. The Morgan fingerprint density at radius 2 is 2.04 bits per heavy atom. The largest absolute Gasteiger partial charge is 0.439 e. The van der Waals surface area contributed by atoms with Crippen LogP contribution < -0.4 is 10.1 Å². The molecule has 0 saturated carbocycles. The average molecular weight is 340 g/mol. The fraction of sp³-hybridized carbons (Fsp3) is 0.167. The molecule has 0 atom stereocenters. The molecule has 6 nitrogen and oxygen atoms in total. The molecule has 0 bridgehead atoms. The molecule has 0 unspecified atom stereocenters. The highest BCUT2D eigenvalue weighted by molar-refractivity contribution is 5.92. The van der Waals surface area contributed by atoms with Crippen molar-refractivity contribution < 1.29 is 13.9 Å². The fourth-order valence-electron chi connectivity index (χ4n) is 2.13. The molecular formula is C18H17FN4O2. The third kappa shape index (κ3) is 4.41. The van der Waals surface area contributed by atoms with Gasteiger partial charge in [0.1, 0.15) is 17.3 Å². The second-order valence-corrected chi connectivity index (χ2v) is 5.38. The summed E-state index contributed by atoms with van der Waals surface area (Å²) in [7, 11) is 0. The lowest BCUT2D eigenvalue weighted by atomic mass is 10.2. The van der Waals surface area contributed by atoms with Crippen LogP contribution in [0, 0.1) is 5.82 Å². The van der Waals surface area contributed by atoms with Gasteiger partial charge in [0.15, 0.2) is 0 Å². The van der Waals surface area contributed by atoms with E-state index in [0.29, 0.717) is 23.9 Å². The molecule has 2 heterocycles. The van der Waals surface area contributed by atoms with E-state index in [-0.39, 0.29) is 11.7 Å². The Bertz CT molecular complexity index is 844. The highest BCUT2D eigenvalue weighted by atomic mass is 19.1. The van der Waals surface area contributed by atoms with Gasteiger partial charge in [0.25, 0.3) is 5.91 Å². The van der Waals surface area contributed by atoms with E-state index in [1.165, 1.54) is 24.3 Å². The van der Waals surface area contributed by atoms with E-state index in [2.05, 4.69) is 20.5 Å². The Morgan fingerprint density at radius 3 is 2.68 bits per heavy atom. The molecule has 0 saturated heterocycles. The van der Waals surface area contributed by atoms with Gasteiger partial charge in [-0.2, -0.15) is 5.10 Å². The smallest absolute Gasteiger partial charge is 0.272 e. The van der Waals surface area contributed by atoms with Gasteiger partial charge in [0.05, 0.1) is 0 Å².